The SMILES string of the molecule is NC1=C/C=C(/Sc2ccc(Cl)cc2)CC2(/C=C(Sc3ccc(Cl)cc3)/C=C\C(N)=C(/c3ccccc3)c3ccc(Sc4ccc(Cl)cc4)n32)/C=C(Sc2ccc(Cl)cc2)/C=C/C(N)=C1c1ccccc1. The highest BCUT2D eigenvalue weighted by molar-refractivity contribution is 8.03. The standard InChI is InChI=1S/C58H44Cl4N4S4/c59-40-11-19-44(20-12-40)67-48-27-30-51(63)56(38-7-3-1-4-8-38)52(64)31-28-49(68-45-21-13-41(60)14-22-45)36-58(35-48)37-50(69-46-23-15-42(61)16-24-46)29-32-53(65)57(39-9-5-2-6-10-39)54-33-34-55(66(54)58)70-47-25-17-43(62)18-26-47/h1-35,37H,36,63-65H2/b30-27+,32-29-,48-35-,49-28+,50-37-,52-31?,56-51?,57-53-. The third-order valence-corrected chi connectivity index (χ3v) is 16.3. The summed E-state index contributed by atoms with van der Waals surface area (Å²) in [6.07, 6.45) is 17.4. The number of fused-ring (bicyclic) bond motifs is 2. The summed E-state index contributed by atoms with van der Waals surface area (Å²) in [4.78, 5) is 6.86. The molecule has 2 aliphatic rings. The molecule has 70 heavy (non-hydrogen) atoms. The van der Waals surface area contributed by atoms with Crippen LogP contribution in [0.2, 0.25) is 20.1 Å². The molecular weight excluding hydrogens is 1020 g/mol. The molecule has 1 aliphatic heterocycles. The number of thioether (sulfide) groups is 3. The Morgan fingerprint density at radius 1 is 0.414 bits per heavy atom. The van der Waals surface area contributed by atoms with Gasteiger partial charge in [-0.15, -0.1) is 0 Å². The summed E-state index contributed by atoms with van der Waals surface area (Å²) in [5, 5.41) is 3.58. The van der Waals surface area contributed by atoms with E-state index in [0.29, 0.717) is 43.6 Å². The minimum atomic E-state index is -1.01. The maximum atomic E-state index is 7.35. The van der Waals surface area contributed by atoms with Gasteiger partial charge in [0.2, 0.25) is 0 Å². The second-order valence-electron chi connectivity index (χ2n) is 16.2. The maximum Gasteiger partial charge on any atom is 0.0895 e. The minimum absolute atomic E-state index is 0.443. The van der Waals surface area contributed by atoms with Gasteiger partial charge in [0.1, 0.15) is 0 Å². The van der Waals surface area contributed by atoms with E-state index in [4.69, 9.17) is 63.6 Å². The molecule has 348 valence electrons. The first-order valence-corrected chi connectivity index (χ1v) is 26.8. The average molecular weight is 1070 g/mol. The lowest BCUT2D eigenvalue weighted by atomic mass is 9.90. The van der Waals surface area contributed by atoms with Crippen molar-refractivity contribution in [2.24, 2.45) is 17.2 Å². The highest BCUT2D eigenvalue weighted by atomic mass is 35.5. The van der Waals surface area contributed by atoms with Gasteiger partial charge in [-0.05, 0) is 168 Å². The molecule has 2 heterocycles. The highest BCUT2D eigenvalue weighted by Crippen LogP contribution is 2.49. The molecule has 12 heteroatoms. The van der Waals surface area contributed by atoms with Crippen LogP contribution in [-0.2, 0) is 5.54 Å². The van der Waals surface area contributed by atoms with Gasteiger partial charge in [0.05, 0.1) is 16.3 Å². The van der Waals surface area contributed by atoms with Crippen LogP contribution in [0.4, 0.5) is 0 Å². The molecule has 0 saturated heterocycles. The lowest BCUT2D eigenvalue weighted by Gasteiger charge is -2.36. The number of allylic oxidation sites excluding steroid dienone is 10. The van der Waals surface area contributed by atoms with Crippen molar-refractivity contribution in [2.45, 2.75) is 36.6 Å². The zero-order chi connectivity index (χ0) is 48.6. The molecule has 0 fully saturated rings. The van der Waals surface area contributed by atoms with E-state index in [-0.39, 0.29) is 0 Å². The Hall–Kier alpha value is -5.52. The number of nitrogens with two attached hydrogens (primary N) is 3. The number of halogens is 4. The Balaban J connectivity index is 1.41. The number of aromatic nitrogens is 1. The first kappa shape index (κ1) is 49.5. The van der Waals surface area contributed by atoms with E-state index < -0.39 is 5.54 Å². The number of benzene rings is 6. The van der Waals surface area contributed by atoms with Gasteiger partial charge < -0.3 is 21.8 Å². The van der Waals surface area contributed by atoms with Crippen molar-refractivity contribution in [3.8, 4) is 0 Å². The monoisotopic (exact) mass is 1060 g/mol. The topological polar surface area (TPSA) is 83.0 Å². The zero-order valence-corrected chi connectivity index (χ0v) is 43.6. The Morgan fingerprint density at radius 3 is 1.30 bits per heavy atom. The van der Waals surface area contributed by atoms with Crippen LogP contribution in [0, 0.1) is 0 Å². The van der Waals surface area contributed by atoms with Crippen LogP contribution in [0.15, 0.2) is 275 Å². The molecule has 6 N–H and O–H groups in total. The van der Waals surface area contributed by atoms with Crippen LogP contribution in [-0.4, -0.2) is 4.57 Å². The highest BCUT2D eigenvalue weighted by Gasteiger charge is 2.36. The number of hydrogen-bond donors (Lipinski definition) is 3. The summed E-state index contributed by atoms with van der Waals surface area (Å²) >= 11 is 32.5. The molecule has 1 spiro atoms. The van der Waals surface area contributed by atoms with Gasteiger partial charge in [-0.1, -0.05) is 160 Å². The molecule has 9 rings (SSSR count). The molecule has 6 aromatic carbocycles. The van der Waals surface area contributed by atoms with Crippen molar-refractivity contribution >= 4 is 105 Å². The molecule has 0 radical (unpaired) electrons. The lowest BCUT2D eigenvalue weighted by Crippen LogP contribution is -2.33. The molecule has 0 amide bonds. The predicted octanol–water partition coefficient (Wildman–Crippen LogP) is 17.4. The smallest absolute Gasteiger partial charge is 0.0895 e. The summed E-state index contributed by atoms with van der Waals surface area (Å²) in [5.41, 5.74) is 26.7. The van der Waals surface area contributed by atoms with Crippen molar-refractivity contribution in [2.75, 3.05) is 0 Å². The Labute approximate surface area is 446 Å². The summed E-state index contributed by atoms with van der Waals surface area (Å²) in [5.74, 6) is 0. The zero-order valence-electron chi connectivity index (χ0n) is 37.3. The van der Waals surface area contributed by atoms with E-state index in [1.54, 1.807) is 47.0 Å². The molecule has 1 aliphatic carbocycles. The van der Waals surface area contributed by atoms with Gasteiger partial charge in [0.15, 0.2) is 0 Å². The maximum absolute atomic E-state index is 7.35. The fourth-order valence-electron chi connectivity index (χ4n) is 8.10. The fourth-order valence-corrected chi connectivity index (χ4v) is 12.5. The molecule has 0 bridgehead atoms. The van der Waals surface area contributed by atoms with Crippen LogP contribution in [0.5, 0.6) is 0 Å². The second kappa shape index (κ2) is 22.7. The van der Waals surface area contributed by atoms with Crippen molar-refractivity contribution in [3.63, 3.8) is 0 Å². The van der Waals surface area contributed by atoms with Gasteiger partial charge in [-0.3, -0.25) is 0 Å². The average Bonchev–Trinajstić information content (AvgIpc) is 3.79. The first-order valence-electron chi connectivity index (χ1n) is 22.0. The van der Waals surface area contributed by atoms with Gasteiger partial charge in [-0.2, -0.15) is 0 Å². The molecule has 1 aromatic heterocycles. The van der Waals surface area contributed by atoms with Crippen LogP contribution in [0.3, 0.4) is 0 Å². The third kappa shape index (κ3) is 12.1. The van der Waals surface area contributed by atoms with Gasteiger partial charge in [0.25, 0.3) is 0 Å². The molecule has 1 atom stereocenters. The van der Waals surface area contributed by atoms with Gasteiger partial charge in [0, 0.05) is 84.1 Å². The Morgan fingerprint density at radius 2 is 0.829 bits per heavy atom. The van der Waals surface area contributed by atoms with E-state index >= 15 is 0 Å². The van der Waals surface area contributed by atoms with Crippen LogP contribution >= 0.6 is 93.5 Å². The number of rotatable bonds is 10. The molecule has 0 saturated carbocycles. The van der Waals surface area contributed by atoms with E-state index in [2.05, 4.69) is 59.2 Å². The molecular formula is C58H44Cl4N4S4. The summed E-state index contributed by atoms with van der Waals surface area (Å²) in [6, 6.07) is 56.3. The molecule has 1 unspecified atom stereocenters. The fraction of sp³-hybridized carbons (Fsp3) is 0.0345. The van der Waals surface area contributed by atoms with Gasteiger partial charge >= 0.3 is 0 Å². The van der Waals surface area contributed by atoms with Crippen molar-refractivity contribution in [1.29, 1.82) is 0 Å². The van der Waals surface area contributed by atoms with Gasteiger partial charge in [-0.25, -0.2) is 0 Å². The van der Waals surface area contributed by atoms with E-state index in [0.717, 1.165) is 67.3 Å². The first-order chi connectivity index (χ1) is 34.0. The van der Waals surface area contributed by atoms with Crippen LogP contribution in [0.1, 0.15) is 23.2 Å². The van der Waals surface area contributed by atoms with Crippen molar-refractivity contribution < 1.29 is 0 Å². The van der Waals surface area contributed by atoms with Crippen molar-refractivity contribution in [3.05, 3.63) is 287 Å². The molecule has 7 aromatic rings. The van der Waals surface area contributed by atoms with E-state index in [1.165, 1.54) is 0 Å². The normalized spacial score (nSPS) is 20.7. The number of hydrogen-bond acceptors (Lipinski definition) is 7. The summed E-state index contributed by atoms with van der Waals surface area (Å²) in [7, 11) is 0. The largest absolute Gasteiger partial charge is 0.398 e. The third-order valence-electron chi connectivity index (χ3n) is 11.3. The van der Waals surface area contributed by atoms with E-state index in [9.17, 15) is 0 Å². The number of nitrogens with zero attached hydrogens (tertiary/aromatic N) is 1. The quantitative estimate of drug-likeness (QED) is 0.126. The molecule has 4 nitrogen and oxygen atoms in total. The van der Waals surface area contributed by atoms with Crippen LogP contribution in [0.25, 0.3) is 11.1 Å². The summed E-state index contributed by atoms with van der Waals surface area (Å²) in [6.45, 7) is 0. The lowest BCUT2D eigenvalue weighted by molar-refractivity contribution is 0.436. The summed E-state index contributed by atoms with van der Waals surface area (Å²) < 4.78 is 2.44. The minimum Gasteiger partial charge on any atom is -0.398 e. The Kier molecular flexibility index (Phi) is 16.0. The van der Waals surface area contributed by atoms with Crippen molar-refractivity contribution in [1.82, 2.24) is 4.57 Å². The Bertz CT molecular complexity index is 3260. The van der Waals surface area contributed by atoms with Crippen LogP contribution < -0.4 is 17.2 Å². The second-order valence-corrected chi connectivity index (χ2v) is 22.5. The van der Waals surface area contributed by atoms with E-state index in [1.807, 2.05) is 164 Å². The predicted molar refractivity (Wildman–Crippen MR) is 304 cm³/mol.